The topological polar surface area (TPSA) is 9.23 Å². The van der Waals surface area contributed by atoms with Gasteiger partial charge in [0, 0.05) is 0 Å². The molecular formula is C31H50Ge2O. The van der Waals surface area contributed by atoms with E-state index in [1.165, 1.54) is 5.25 Å². The molecule has 0 bridgehead atoms. The molecule has 3 heteroatoms. The van der Waals surface area contributed by atoms with E-state index in [1.54, 1.807) is 8.79 Å². The quantitative estimate of drug-likeness (QED) is 0.299. The molecule has 2 radical (unpaired) electrons. The van der Waals surface area contributed by atoms with Crippen molar-refractivity contribution in [3.63, 3.8) is 0 Å². The van der Waals surface area contributed by atoms with Crippen molar-refractivity contribution < 1.29 is 3.76 Å². The fourth-order valence-electron chi connectivity index (χ4n) is 5.87. The second kappa shape index (κ2) is 10.8. The number of hydrogen-bond acceptors (Lipinski definition) is 1. The van der Waals surface area contributed by atoms with Crippen molar-refractivity contribution in [2.75, 3.05) is 0 Å². The molecule has 0 fully saturated rings. The van der Waals surface area contributed by atoms with Crippen LogP contribution in [0.3, 0.4) is 0 Å². The van der Waals surface area contributed by atoms with Crippen LogP contribution in [-0.2, 0) is 3.76 Å². The van der Waals surface area contributed by atoms with Crippen LogP contribution < -0.4 is 8.79 Å². The van der Waals surface area contributed by atoms with E-state index in [-0.39, 0.29) is 24.9 Å². The molecule has 2 rings (SSSR count). The van der Waals surface area contributed by atoms with Crippen molar-refractivity contribution >= 4 is 37.8 Å². The molecule has 34 heavy (non-hydrogen) atoms. The third kappa shape index (κ3) is 7.04. The van der Waals surface area contributed by atoms with Crippen LogP contribution in [0.15, 0.2) is 60.7 Å². The van der Waals surface area contributed by atoms with E-state index in [1.807, 2.05) is 0 Å². The van der Waals surface area contributed by atoms with Crippen LogP contribution in [0.4, 0.5) is 0 Å². The summed E-state index contributed by atoms with van der Waals surface area (Å²) in [6.45, 7) is 29.0. The summed E-state index contributed by atoms with van der Waals surface area (Å²) in [5.41, 5.74) is -0.106. The molecule has 0 aliphatic heterocycles. The minimum atomic E-state index is -1.98. The van der Waals surface area contributed by atoms with Gasteiger partial charge in [0.2, 0.25) is 0 Å². The maximum absolute atomic E-state index is 7.71. The van der Waals surface area contributed by atoms with Gasteiger partial charge >= 0.3 is 222 Å². The molecule has 2 aromatic rings. The Labute approximate surface area is 221 Å². The van der Waals surface area contributed by atoms with E-state index in [4.69, 9.17) is 3.76 Å². The minimum absolute atomic E-state index is 0.0385. The zero-order valence-corrected chi connectivity index (χ0v) is 28.3. The van der Waals surface area contributed by atoms with Crippen LogP contribution in [-0.4, -0.2) is 34.6 Å². The first-order chi connectivity index (χ1) is 15.4. The van der Waals surface area contributed by atoms with Gasteiger partial charge in [-0.2, -0.15) is 0 Å². The number of rotatable bonds is 7. The van der Waals surface area contributed by atoms with E-state index in [9.17, 15) is 0 Å². The molecule has 188 valence electrons. The average molecular weight is 584 g/mol. The van der Waals surface area contributed by atoms with Gasteiger partial charge in [0.05, 0.1) is 0 Å². The van der Waals surface area contributed by atoms with Crippen molar-refractivity contribution in [3.05, 3.63) is 60.7 Å². The molecule has 0 saturated heterocycles. The van der Waals surface area contributed by atoms with Crippen molar-refractivity contribution in [1.29, 1.82) is 0 Å². The number of hydrogen-bond donors (Lipinski definition) is 0. The van der Waals surface area contributed by atoms with E-state index >= 15 is 0 Å². The van der Waals surface area contributed by atoms with E-state index in [2.05, 4.69) is 144 Å². The summed E-state index contributed by atoms with van der Waals surface area (Å²) in [6, 6.07) is 22.6. The van der Waals surface area contributed by atoms with Crippen molar-refractivity contribution in [1.82, 2.24) is 0 Å². The normalized spacial score (nSPS) is 14.2. The van der Waals surface area contributed by atoms with Gasteiger partial charge in [0.1, 0.15) is 0 Å². The van der Waals surface area contributed by atoms with Gasteiger partial charge in [-0.05, 0) is 0 Å². The summed E-state index contributed by atoms with van der Waals surface area (Å²) in [7, 11) is 0. The monoisotopic (exact) mass is 586 g/mol. The molecule has 0 atom stereocenters. The summed E-state index contributed by atoms with van der Waals surface area (Å²) in [4.78, 5) is 0. The molecule has 0 amide bonds. The van der Waals surface area contributed by atoms with Gasteiger partial charge in [-0.3, -0.25) is 0 Å². The molecule has 2 aromatic carbocycles. The average Bonchev–Trinajstić information content (AvgIpc) is 2.68. The number of benzene rings is 2. The predicted molar refractivity (Wildman–Crippen MR) is 155 cm³/mol. The van der Waals surface area contributed by atoms with E-state index < -0.39 is 29.0 Å². The Hall–Kier alpha value is -0.514. The van der Waals surface area contributed by atoms with Crippen LogP contribution in [0.25, 0.3) is 0 Å². The molecular weight excluding hydrogens is 534 g/mol. The standard InChI is InChI=1S/C31H50Ge2O/c1-27(2,3)31(28(4,5)6,34-33(29(7,8)9)30(10,11)12)23-24-32(25-19-15-13-16-20-25)26-21-17-14-18-22-26/h13-22H,23-24H2,1-12H3. The predicted octanol–water partition coefficient (Wildman–Crippen LogP) is 8.13. The van der Waals surface area contributed by atoms with Gasteiger partial charge in [0.15, 0.2) is 0 Å². The van der Waals surface area contributed by atoms with Crippen LogP contribution in [0.1, 0.15) is 89.5 Å². The van der Waals surface area contributed by atoms with Crippen LogP contribution >= 0.6 is 0 Å². The first-order valence-electron chi connectivity index (χ1n) is 12.9. The van der Waals surface area contributed by atoms with Crippen molar-refractivity contribution in [2.24, 2.45) is 10.8 Å². The Morgan fingerprint density at radius 3 is 1.21 bits per heavy atom. The zero-order valence-electron chi connectivity index (χ0n) is 24.1. The zero-order chi connectivity index (χ0) is 26.0. The summed E-state index contributed by atoms with van der Waals surface area (Å²) in [5.74, 6) is 0. The fraction of sp³-hybridized carbons (Fsp3) is 0.613. The van der Waals surface area contributed by atoms with Crippen LogP contribution in [0.5, 0.6) is 0 Å². The van der Waals surface area contributed by atoms with Crippen molar-refractivity contribution in [2.45, 2.75) is 109 Å². The molecule has 0 spiro atoms. The summed E-state index contributed by atoms with van der Waals surface area (Å²) in [5, 5.41) is 1.24. The summed E-state index contributed by atoms with van der Waals surface area (Å²) < 4.78 is 11.3. The first-order valence-corrected chi connectivity index (χ1v) is 19.5. The Bertz CT molecular complexity index is 810. The summed E-state index contributed by atoms with van der Waals surface area (Å²) >= 11 is -3.72. The molecule has 0 aromatic heterocycles. The third-order valence-electron chi connectivity index (χ3n) is 7.03. The Kier molecular flexibility index (Phi) is 9.48. The summed E-state index contributed by atoms with van der Waals surface area (Å²) in [6.07, 6.45) is 1.11. The van der Waals surface area contributed by atoms with Gasteiger partial charge in [-0.15, -0.1) is 0 Å². The molecule has 0 aliphatic carbocycles. The second-order valence-corrected chi connectivity index (χ2v) is 27.6. The van der Waals surface area contributed by atoms with Gasteiger partial charge < -0.3 is 0 Å². The second-order valence-electron chi connectivity index (χ2n) is 14.0. The van der Waals surface area contributed by atoms with Crippen LogP contribution in [0.2, 0.25) is 13.7 Å². The third-order valence-corrected chi connectivity index (χ3v) is 19.8. The Balaban J connectivity index is 2.59. The molecule has 0 aliphatic rings. The Morgan fingerprint density at radius 1 is 0.559 bits per heavy atom. The molecule has 1 nitrogen and oxygen atoms in total. The maximum atomic E-state index is 7.71. The molecule has 0 unspecified atom stereocenters. The molecule has 0 heterocycles. The van der Waals surface area contributed by atoms with Gasteiger partial charge in [-0.1, -0.05) is 0 Å². The fourth-order valence-corrected chi connectivity index (χ4v) is 19.8. The van der Waals surface area contributed by atoms with Gasteiger partial charge in [0.25, 0.3) is 0 Å². The van der Waals surface area contributed by atoms with Gasteiger partial charge in [-0.25, -0.2) is 0 Å². The molecule has 0 N–H and O–H groups in total. The van der Waals surface area contributed by atoms with Crippen LogP contribution in [0, 0.1) is 10.8 Å². The van der Waals surface area contributed by atoms with E-state index in [0.717, 1.165) is 6.42 Å². The van der Waals surface area contributed by atoms with Crippen molar-refractivity contribution in [3.8, 4) is 0 Å². The SMILES string of the molecule is C[C](C)(C)[Ge]([O]C(C[CH2][Ge]([c]1ccccc1)[c]1ccccc1)(C(C)(C)C)C(C)(C)C)[C](C)(C)C. The van der Waals surface area contributed by atoms with E-state index in [0.29, 0.717) is 0 Å². The first kappa shape index (κ1) is 29.7. The Morgan fingerprint density at radius 2 is 0.912 bits per heavy atom. The molecule has 0 saturated carbocycles.